The van der Waals surface area contributed by atoms with Crippen LogP contribution in [0.1, 0.15) is 30.1 Å². The molecule has 1 unspecified atom stereocenters. The summed E-state index contributed by atoms with van der Waals surface area (Å²) in [4.78, 5) is 0. The highest BCUT2D eigenvalue weighted by Gasteiger charge is 2.19. The van der Waals surface area contributed by atoms with Crippen molar-refractivity contribution in [2.45, 2.75) is 25.9 Å². The summed E-state index contributed by atoms with van der Waals surface area (Å²) in [5, 5.41) is 9.74. The molecule has 3 heteroatoms. The summed E-state index contributed by atoms with van der Waals surface area (Å²) in [5.41, 5.74) is 1.33. The molecule has 0 saturated carbocycles. The predicted octanol–water partition coefficient (Wildman–Crippen LogP) is 2.34. The van der Waals surface area contributed by atoms with Gasteiger partial charge in [0.1, 0.15) is 11.6 Å². The molecule has 0 saturated heterocycles. The van der Waals surface area contributed by atoms with Gasteiger partial charge in [0.25, 0.3) is 0 Å². The average molecular weight is 196 g/mol. The van der Waals surface area contributed by atoms with Crippen LogP contribution >= 0.6 is 0 Å². The highest BCUT2D eigenvalue weighted by Crippen LogP contribution is 2.34. The summed E-state index contributed by atoms with van der Waals surface area (Å²) < 4.78 is 18.6. The first-order chi connectivity index (χ1) is 6.68. The zero-order valence-electron chi connectivity index (χ0n) is 8.09. The second kappa shape index (κ2) is 3.58. The third-order valence-electron chi connectivity index (χ3n) is 2.50. The van der Waals surface area contributed by atoms with Crippen LogP contribution in [0.3, 0.4) is 0 Å². The number of ether oxygens (including phenoxy) is 1. The Bertz CT molecular complexity index is 349. The Morgan fingerprint density at radius 2 is 2.29 bits per heavy atom. The van der Waals surface area contributed by atoms with Crippen LogP contribution in [-0.4, -0.2) is 11.7 Å². The molecule has 0 spiro atoms. The van der Waals surface area contributed by atoms with E-state index in [1.54, 1.807) is 6.92 Å². The van der Waals surface area contributed by atoms with Gasteiger partial charge in [0, 0.05) is 5.56 Å². The largest absolute Gasteiger partial charge is 0.493 e. The molecule has 0 radical (unpaired) electrons. The molecule has 2 nitrogen and oxygen atoms in total. The molecular weight excluding hydrogens is 183 g/mol. The summed E-state index contributed by atoms with van der Waals surface area (Å²) in [6.07, 6.45) is 0.842. The molecule has 0 aliphatic carbocycles. The van der Waals surface area contributed by atoms with E-state index in [0.717, 1.165) is 12.0 Å². The number of aryl methyl sites for hydroxylation is 1. The first kappa shape index (κ1) is 9.46. The maximum atomic E-state index is 13.1. The summed E-state index contributed by atoms with van der Waals surface area (Å²) in [5.74, 6) is 0.335. The van der Waals surface area contributed by atoms with E-state index in [1.807, 2.05) is 0 Å². The number of aliphatic hydroxyl groups is 1. The highest BCUT2D eigenvalue weighted by molar-refractivity contribution is 5.43. The second-order valence-corrected chi connectivity index (χ2v) is 3.65. The molecule has 0 aromatic heterocycles. The van der Waals surface area contributed by atoms with Gasteiger partial charge in [-0.15, -0.1) is 0 Å². The number of fused-ring (bicyclic) bond motifs is 1. The van der Waals surface area contributed by atoms with Crippen LogP contribution in [0.2, 0.25) is 0 Å². The van der Waals surface area contributed by atoms with Crippen molar-refractivity contribution >= 4 is 0 Å². The third-order valence-corrected chi connectivity index (χ3v) is 2.50. The van der Waals surface area contributed by atoms with Gasteiger partial charge in [0.05, 0.1) is 12.7 Å². The van der Waals surface area contributed by atoms with Crippen LogP contribution in [-0.2, 0) is 0 Å². The third kappa shape index (κ3) is 1.60. The molecule has 0 bridgehead atoms. The molecule has 1 N–H and O–H groups in total. The Morgan fingerprint density at radius 1 is 1.50 bits per heavy atom. The highest BCUT2D eigenvalue weighted by atomic mass is 19.1. The maximum absolute atomic E-state index is 13.1. The number of rotatable bonds is 0. The molecule has 14 heavy (non-hydrogen) atoms. The fraction of sp³-hybridized carbons (Fsp3) is 0.455. The molecule has 2 rings (SSSR count). The molecular formula is C11H13FO2. The number of halogens is 1. The molecule has 1 aliphatic rings. The van der Waals surface area contributed by atoms with E-state index >= 15 is 0 Å². The van der Waals surface area contributed by atoms with Crippen molar-refractivity contribution in [1.29, 1.82) is 0 Å². The van der Waals surface area contributed by atoms with Crippen molar-refractivity contribution in [1.82, 2.24) is 0 Å². The quantitative estimate of drug-likeness (QED) is 0.690. The van der Waals surface area contributed by atoms with Crippen LogP contribution in [0.4, 0.5) is 4.39 Å². The Kier molecular flexibility index (Phi) is 2.42. The lowest BCUT2D eigenvalue weighted by Crippen LogP contribution is -1.99. The van der Waals surface area contributed by atoms with Crippen molar-refractivity contribution in [3.8, 4) is 5.75 Å². The first-order valence-electron chi connectivity index (χ1n) is 4.79. The summed E-state index contributed by atoms with van der Waals surface area (Å²) in [7, 11) is 0. The topological polar surface area (TPSA) is 29.5 Å². The van der Waals surface area contributed by atoms with Crippen molar-refractivity contribution in [3.63, 3.8) is 0 Å². The summed E-state index contributed by atoms with van der Waals surface area (Å²) in [6.45, 7) is 2.39. The standard InChI is InChI=1S/C11H13FO2/c1-7-5-8(12)6-9-10(13)3-2-4-14-11(7)9/h5-6,10,13H,2-4H2,1H3. The normalized spacial score (nSPS) is 20.9. The van der Waals surface area contributed by atoms with Crippen LogP contribution in [0.5, 0.6) is 5.75 Å². The minimum absolute atomic E-state index is 0.314. The van der Waals surface area contributed by atoms with Gasteiger partial charge in [-0.2, -0.15) is 0 Å². The minimum Gasteiger partial charge on any atom is -0.493 e. The zero-order chi connectivity index (χ0) is 10.1. The van der Waals surface area contributed by atoms with Crippen molar-refractivity contribution in [2.24, 2.45) is 0 Å². The van der Waals surface area contributed by atoms with Crippen molar-refractivity contribution in [2.75, 3.05) is 6.61 Å². The van der Waals surface area contributed by atoms with Crippen LogP contribution in [0, 0.1) is 12.7 Å². The Hall–Kier alpha value is -1.09. The molecule has 1 aliphatic heterocycles. The van der Waals surface area contributed by atoms with Crippen LogP contribution < -0.4 is 4.74 Å². The van der Waals surface area contributed by atoms with Gasteiger partial charge in [-0.1, -0.05) is 0 Å². The van der Waals surface area contributed by atoms with Crippen molar-refractivity contribution < 1.29 is 14.2 Å². The molecule has 1 atom stereocenters. The van der Waals surface area contributed by atoms with E-state index in [0.29, 0.717) is 24.3 Å². The molecule has 0 amide bonds. The van der Waals surface area contributed by atoms with E-state index < -0.39 is 6.10 Å². The van der Waals surface area contributed by atoms with Gasteiger partial charge in [0.2, 0.25) is 0 Å². The number of hydrogen-bond donors (Lipinski definition) is 1. The molecule has 1 aromatic carbocycles. The Balaban J connectivity index is 2.53. The fourth-order valence-electron chi connectivity index (χ4n) is 1.81. The first-order valence-corrected chi connectivity index (χ1v) is 4.79. The monoisotopic (exact) mass is 196 g/mol. The SMILES string of the molecule is Cc1cc(F)cc2c1OCCCC2O. The lowest BCUT2D eigenvalue weighted by molar-refractivity contribution is 0.167. The summed E-state index contributed by atoms with van der Waals surface area (Å²) >= 11 is 0. The molecule has 1 aromatic rings. The fourth-order valence-corrected chi connectivity index (χ4v) is 1.81. The number of aliphatic hydroxyl groups excluding tert-OH is 1. The number of hydrogen-bond acceptors (Lipinski definition) is 2. The lowest BCUT2D eigenvalue weighted by Gasteiger charge is -2.13. The lowest BCUT2D eigenvalue weighted by atomic mass is 10.0. The maximum Gasteiger partial charge on any atom is 0.128 e. The van der Waals surface area contributed by atoms with Gasteiger partial charge in [-0.25, -0.2) is 4.39 Å². The van der Waals surface area contributed by atoms with E-state index in [9.17, 15) is 9.50 Å². The van der Waals surface area contributed by atoms with Gasteiger partial charge in [-0.3, -0.25) is 0 Å². The molecule has 0 fully saturated rings. The Labute approximate surface area is 82.3 Å². The zero-order valence-corrected chi connectivity index (χ0v) is 8.09. The van der Waals surface area contributed by atoms with E-state index in [4.69, 9.17) is 4.74 Å². The molecule has 76 valence electrons. The molecule has 1 heterocycles. The van der Waals surface area contributed by atoms with E-state index in [-0.39, 0.29) is 5.82 Å². The smallest absolute Gasteiger partial charge is 0.128 e. The van der Waals surface area contributed by atoms with Gasteiger partial charge >= 0.3 is 0 Å². The van der Waals surface area contributed by atoms with Gasteiger partial charge in [0.15, 0.2) is 0 Å². The average Bonchev–Trinajstić information content (AvgIpc) is 2.29. The predicted molar refractivity (Wildman–Crippen MR) is 50.8 cm³/mol. The number of benzene rings is 1. The van der Waals surface area contributed by atoms with E-state index in [1.165, 1.54) is 12.1 Å². The van der Waals surface area contributed by atoms with Gasteiger partial charge < -0.3 is 9.84 Å². The Morgan fingerprint density at radius 3 is 3.07 bits per heavy atom. The minimum atomic E-state index is -0.595. The van der Waals surface area contributed by atoms with E-state index in [2.05, 4.69) is 0 Å². The van der Waals surface area contributed by atoms with Crippen LogP contribution in [0.25, 0.3) is 0 Å². The van der Waals surface area contributed by atoms with Crippen molar-refractivity contribution in [3.05, 3.63) is 29.1 Å². The second-order valence-electron chi connectivity index (χ2n) is 3.65. The summed E-state index contributed by atoms with van der Waals surface area (Å²) in [6, 6.07) is 2.79. The van der Waals surface area contributed by atoms with Gasteiger partial charge in [-0.05, 0) is 37.5 Å². The van der Waals surface area contributed by atoms with Crippen LogP contribution in [0.15, 0.2) is 12.1 Å².